The van der Waals surface area contributed by atoms with Crippen LogP contribution in [0.1, 0.15) is 30.6 Å². The molecule has 0 atom stereocenters. The molecule has 1 aromatic carbocycles. The molecular formula is C12H14ClO4-. The largest absolute Gasteiger partial charge is 0.545 e. The van der Waals surface area contributed by atoms with Crippen molar-refractivity contribution in [3.05, 3.63) is 22.7 Å². The third-order valence-electron chi connectivity index (χ3n) is 2.00. The normalized spacial score (nSPS) is 10.1. The lowest BCUT2D eigenvalue weighted by Gasteiger charge is -2.15. The van der Waals surface area contributed by atoms with Crippen LogP contribution in [0, 0.1) is 0 Å². The number of carbonyl (C=O) groups is 1. The minimum absolute atomic E-state index is 0.0256. The van der Waals surface area contributed by atoms with Gasteiger partial charge in [0, 0.05) is 5.56 Å². The van der Waals surface area contributed by atoms with Crippen molar-refractivity contribution >= 4 is 17.6 Å². The molecule has 0 fully saturated rings. The van der Waals surface area contributed by atoms with E-state index in [2.05, 4.69) is 0 Å². The average Bonchev–Trinajstić information content (AvgIpc) is 2.28. The lowest BCUT2D eigenvalue weighted by Crippen LogP contribution is -2.22. The fraction of sp³-hybridized carbons (Fsp3) is 0.417. The molecule has 0 aliphatic carbocycles. The van der Waals surface area contributed by atoms with Gasteiger partial charge in [0.25, 0.3) is 0 Å². The molecule has 94 valence electrons. The maximum Gasteiger partial charge on any atom is 0.179 e. The number of halogens is 1. The predicted molar refractivity (Wildman–Crippen MR) is 62.7 cm³/mol. The summed E-state index contributed by atoms with van der Waals surface area (Å²) in [6, 6.07) is 2.65. The highest BCUT2D eigenvalue weighted by Crippen LogP contribution is 2.36. The molecular weight excluding hydrogens is 244 g/mol. The van der Waals surface area contributed by atoms with E-state index in [4.69, 9.17) is 21.1 Å². The van der Waals surface area contributed by atoms with Crippen molar-refractivity contribution in [1.82, 2.24) is 0 Å². The molecule has 0 spiro atoms. The molecule has 0 saturated heterocycles. The molecule has 0 heterocycles. The van der Waals surface area contributed by atoms with E-state index in [1.54, 1.807) is 6.92 Å². The van der Waals surface area contributed by atoms with Gasteiger partial charge in [-0.2, -0.15) is 0 Å². The maximum absolute atomic E-state index is 10.8. The van der Waals surface area contributed by atoms with Gasteiger partial charge < -0.3 is 19.4 Å². The summed E-state index contributed by atoms with van der Waals surface area (Å²) in [6.45, 7) is 4.65. The summed E-state index contributed by atoms with van der Waals surface area (Å²) in [6.07, 6.45) is 0.824. The fourth-order valence-electron chi connectivity index (χ4n) is 1.29. The van der Waals surface area contributed by atoms with Gasteiger partial charge in [-0.05, 0) is 25.5 Å². The van der Waals surface area contributed by atoms with Gasteiger partial charge in [-0.1, -0.05) is 18.5 Å². The summed E-state index contributed by atoms with van der Waals surface area (Å²) < 4.78 is 10.7. The Balaban J connectivity index is 3.12. The summed E-state index contributed by atoms with van der Waals surface area (Å²) >= 11 is 5.95. The van der Waals surface area contributed by atoms with Crippen LogP contribution in [0.4, 0.5) is 0 Å². The van der Waals surface area contributed by atoms with E-state index in [0.717, 1.165) is 6.42 Å². The monoisotopic (exact) mass is 257 g/mol. The SMILES string of the molecule is CCCOc1c(Cl)cc(C(=O)[O-])cc1OCC. The lowest BCUT2D eigenvalue weighted by atomic mass is 10.2. The van der Waals surface area contributed by atoms with Crippen molar-refractivity contribution in [3.8, 4) is 11.5 Å². The number of rotatable bonds is 6. The second-order valence-corrected chi connectivity index (χ2v) is 3.76. The summed E-state index contributed by atoms with van der Waals surface area (Å²) in [5, 5.41) is 11.0. The van der Waals surface area contributed by atoms with E-state index in [1.807, 2.05) is 6.92 Å². The third kappa shape index (κ3) is 3.53. The van der Waals surface area contributed by atoms with Crippen LogP contribution in [-0.2, 0) is 0 Å². The van der Waals surface area contributed by atoms with Gasteiger partial charge in [-0.25, -0.2) is 0 Å². The van der Waals surface area contributed by atoms with Crippen molar-refractivity contribution in [3.63, 3.8) is 0 Å². The zero-order valence-electron chi connectivity index (χ0n) is 9.79. The molecule has 4 nitrogen and oxygen atoms in total. The van der Waals surface area contributed by atoms with E-state index < -0.39 is 5.97 Å². The zero-order valence-corrected chi connectivity index (χ0v) is 10.5. The van der Waals surface area contributed by atoms with Crippen LogP contribution >= 0.6 is 11.6 Å². The fourth-order valence-corrected chi connectivity index (χ4v) is 1.56. The molecule has 0 aromatic heterocycles. The predicted octanol–water partition coefficient (Wildman–Crippen LogP) is 1.89. The van der Waals surface area contributed by atoms with Gasteiger partial charge in [-0.3, -0.25) is 0 Å². The molecule has 0 N–H and O–H groups in total. The molecule has 5 heteroatoms. The van der Waals surface area contributed by atoms with Crippen molar-refractivity contribution in [2.75, 3.05) is 13.2 Å². The highest BCUT2D eigenvalue weighted by Gasteiger charge is 2.12. The highest BCUT2D eigenvalue weighted by molar-refractivity contribution is 6.32. The van der Waals surface area contributed by atoms with Crippen LogP contribution in [0.25, 0.3) is 0 Å². The van der Waals surface area contributed by atoms with E-state index in [9.17, 15) is 9.90 Å². The molecule has 1 aromatic rings. The number of hydrogen-bond acceptors (Lipinski definition) is 4. The zero-order chi connectivity index (χ0) is 12.8. The Labute approximate surface area is 105 Å². The first-order chi connectivity index (χ1) is 8.10. The van der Waals surface area contributed by atoms with E-state index in [1.165, 1.54) is 12.1 Å². The standard InChI is InChI=1S/C12H15ClO4/c1-3-5-17-11-9(13)6-8(12(14)15)7-10(11)16-4-2/h6-7H,3-5H2,1-2H3,(H,14,15)/p-1. The van der Waals surface area contributed by atoms with Crippen molar-refractivity contribution in [1.29, 1.82) is 0 Å². The summed E-state index contributed by atoms with van der Waals surface area (Å²) in [7, 11) is 0. The van der Waals surface area contributed by atoms with Crippen molar-refractivity contribution in [2.24, 2.45) is 0 Å². The van der Waals surface area contributed by atoms with Crippen LogP contribution < -0.4 is 14.6 Å². The Bertz CT molecular complexity index is 404. The number of hydrogen-bond donors (Lipinski definition) is 0. The number of benzene rings is 1. The van der Waals surface area contributed by atoms with Gasteiger partial charge in [-0.15, -0.1) is 0 Å². The average molecular weight is 258 g/mol. The summed E-state index contributed by atoms with van der Waals surface area (Å²) in [5.74, 6) is -0.595. The molecule has 1 rings (SSSR count). The first-order valence-electron chi connectivity index (χ1n) is 5.40. The second-order valence-electron chi connectivity index (χ2n) is 3.35. The van der Waals surface area contributed by atoms with Gasteiger partial charge in [0.05, 0.1) is 24.2 Å². The Kier molecular flexibility index (Phi) is 5.10. The van der Waals surface area contributed by atoms with Gasteiger partial charge >= 0.3 is 0 Å². The van der Waals surface area contributed by atoms with Crippen LogP contribution in [-0.4, -0.2) is 19.2 Å². The molecule has 17 heavy (non-hydrogen) atoms. The van der Waals surface area contributed by atoms with Crippen LogP contribution in [0.3, 0.4) is 0 Å². The third-order valence-corrected chi connectivity index (χ3v) is 2.28. The molecule has 0 saturated carbocycles. The summed E-state index contributed by atoms with van der Waals surface area (Å²) in [4.78, 5) is 10.8. The first kappa shape index (κ1) is 13.6. The minimum atomic E-state index is -1.30. The Morgan fingerprint density at radius 3 is 2.59 bits per heavy atom. The molecule has 0 amide bonds. The van der Waals surface area contributed by atoms with Gasteiger partial charge in [0.1, 0.15) is 0 Å². The van der Waals surface area contributed by atoms with Gasteiger partial charge in [0.2, 0.25) is 0 Å². The minimum Gasteiger partial charge on any atom is -0.545 e. The Morgan fingerprint density at radius 1 is 1.35 bits per heavy atom. The number of aromatic carboxylic acids is 1. The summed E-state index contributed by atoms with van der Waals surface area (Å²) in [5.41, 5.74) is -0.0256. The van der Waals surface area contributed by atoms with E-state index in [-0.39, 0.29) is 10.6 Å². The molecule has 0 aliphatic heterocycles. The number of ether oxygens (including phenoxy) is 2. The number of carboxylic acids is 1. The maximum atomic E-state index is 10.8. The van der Waals surface area contributed by atoms with Crippen molar-refractivity contribution in [2.45, 2.75) is 20.3 Å². The van der Waals surface area contributed by atoms with Crippen LogP contribution in [0.5, 0.6) is 11.5 Å². The molecule has 0 unspecified atom stereocenters. The van der Waals surface area contributed by atoms with E-state index >= 15 is 0 Å². The van der Waals surface area contributed by atoms with Gasteiger partial charge in [0.15, 0.2) is 11.5 Å². The quantitative estimate of drug-likeness (QED) is 0.781. The smallest absolute Gasteiger partial charge is 0.179 e. The first-order valence-corrected chi connectivity index (χ1v) is 5.78. The molecule has 0 radical (unpaired) electrons. The van der Waals surface area contributed by atoms with Crippen molar-refractivity contribution < 1.29 is 19.4 Å². The Hall–Kier alpha value is -1.42. The molecule has 0 bridgehead atoms. The number of carbonyl (C=O) groups excluding carboxylic acids is 1. The van der Waals surface area contributed by atoms with Crippen LogP contribution in [0.15, 0.2) is 12.1 Å². The highest BCUT2D eigenvalue weighted by atomic mass is 35.5. The second kappa shape index (κ2) is 6.35. The molecule has 0 aliphatic rings. The topological polar surface area (TPSA) is 58.6 Å². The number of carboxylic acid groups (broad SMARTS) is 1. The van der Waals surface area contributed by atoms with E-state index in [0.29, 0.717) is 24.7 Å². The lowest BCUT2D eigenvalue weighted by molar-refractivity contribution is -0.255. The van der Waals surface area contributed by atoms with Crippen LogP contribution in [0.2, 0.25) is 5.02 Å². The Morgan fingerprint density at radius 2 is 2.06 bits per heavy atom.